The molecular formula is C16H18O6S. The highest BCUT2D eigenvalue weighted by molar-refractivity contribution is 8.00. The van der Waals surface area contributed by atoms with E-state index < -0.39 is 34.9 Å². The van der Waals surface area contributed by atoms with Crippen molar-refractivity contribution in [2.24, 2.45) is 5.92 Å². The molecule has 0 spiro atoms. The van der Waals surface area contributed by atoms with E-state index in [0.717, 1.165) is 17.3 Å². The Morgan fingerprint density at radius 1 is 1.22 bits per heavy atom. The fourth-order valence-corrected chi connectivity index (χ4v) is 3.42. The second-order valence-electron chi connectivity index (χ2n) is 5.44. The van der Waals surface area contributed by atoms with Gasteiger partial charge >= 0.3 is 17.9 Å². The van der Waals surface area contributed by atoms with Crippen LogP contribution in [0.4, 0.5) is 0 Å². The molecule has 0 aromatic heterocycles. The maximum Gasteiger partial charge on any atom is 0.325 e. The van der Waals surface area contributed by atoms with E-state index in [1.54, 1.807) is 24.3 Å². The van der Waals surface area contributed by atoms with Crippen LogP contribution in [-0.4, -0.2) is 36.6 Å². The third kappa shape index (κ3) is 4.25. The summed E-state index contributed by atoms with van der Waals surface area (Å²) in [5.74, 6) is -4.14. The number of rotatable bonds is 5. The fraction of sp³-hybridized carbons (Fsp3) is 0.438. The highest BCUT2D eigenvalue weighted by Crippen LogP contribution is 2.40. The van der Waals surface area contributed by atoms with E-state index >= 15 is 0 Å². The number of cyclic esters (lactones) is 2. The summed E-state index contributed by atoms with van der Waals surface area (Å²) in [6.45, 7) is 3.00. The lowest BCUT2D eigenvalue weighted by atomic mass is 9.97. The molecule has 1 heterocycles. The summed E-state index contributed by atoms with van der Waals surface area (Å²) in [5.41, 5.74) is 0.736. The largest absolute Gasteiger partial charge is 0.468 e. The average Bonchev–Trinajstić information content (AvgIpc) is 2.49. The van der Waals surface area contributed by atoms with Crippen molar-refractivity contribution >= 4 is 29.7 Å². The molecule has 1 atom stereocenters. The molecule has 1 aromatic rings. The summed E-state index contributed by atoms with van der Waals surface area (Å²) >= 11 is 1.15. The molecule has 1 aliphatic heterocycles. The van der Waals surface area contributed by atoms with Crippen LogP contribution in [0.15, 0.2) is 30.3 Å². The third-order valence-corrected chi connectivity index (χ3v) is 4.55. The minimum absolute atomic E-state index is 0.0104. The highest BCUT2D eigenvalue weighted by Gasteiger charge is 2.48. The van der Waals surface area contributed by atoms with Crippen LogP contribution < -0.4 is 0 Å². The van der Waals surface area contributed by atoms with Gasteiger partial charge in [0.25, 0.3) is 5.79 Å². The molecule has 1 fully saturated rings. The third-order valence-electron chi connectivity index (χ3n) is 3.24. The van der Waals surface area contributed by atoms with E-state index in [-0.39, 0.29) is 5.75 Å². The van der Waals surface area contributed by atoms with Crippen LogP contribution in [0.5, 0.6) is 0 Å². The van der Waals surface area contributed by atoms with Gasteiger partial charge in [-0.15, -0.1) is 11.8 Å². The second-order valence-corrected chi connectivity index (χ2v) is 6.57. The van der Waals surface area contributed by atoms with Crippen molar-refractivity contribution in [2.45, 2.75) is 24.9 Å². The maximum atomic E-state index is 12.3. The van der Waals surface area contributed by atoms with E-state index in [2.05, 4.69) is 4.74 Å². The van der Waals surface area contributed by atoms with Gasteiger partial charge in [0, 0.05) is 13.8 Å². The van der Waals surface area contributed by atoms with E-state index in [9.17, 15) is 14.4 Å². The molecule has 0 N–H and O–H groups in total. The Balaban J connectivity index is 2.28. The number of carbonyl (C=O) groups is 3. The molecule has 2 rings (SSSR count). The van der Waals surface area contributed by atoms with Crippen molar-refractivity contribution in [3.8, 4) is 0 Å². The molecule has 0 aliphatic carbocycles. The zero-order valence-corrected chi connectivity index (χ0v) is 13.9. The van der Waals surface area contributed by atoms with Gasteiger partial charge < -0.3 is 14.2 Å². The lowest BCUT2D eigenvalue weighted by molar-refractivity contribution is -0.239. The Labute approximate surface area is 138 Å². The lowest BCUT2D eigenvalue weighted by Crippen LogP contribution is -2.47. The predicted octanol–water partition coefficient (Wildman–Crippen LogP) is 2.09. The van der Waals surface area contributed by atoms with Gasteiger partial charge in [-0.25, -0.2) is 0 Å². The van der Waals surface area contributed by atoms with Gasteiger partial charge in [-0.1, -0.05) is 30.3 Å². The van der Waals surface area contributed by atoms with E-state index in [4.69, 9.17) is 9.47 Å². The van der Waals surface area contributed by atoms with Gasteiger partial charge in [0.2, 0.25) is 0 Å². The zero-order valence-electron chi connectivity index (χ0n) is 13.1. The summed E-state index contributed by atoms with van der Waals surface area (Å²) < 4.78 is 15.0. The molecular weight excluding hydrogens is 320 g/mol. The molecule has 23 heavy (non-hydrogen) atoms. The minimum Gasteiger partial charge on any atom is -0.468 e. The first-order valence-electron chi connectivity index (χ1n) is 7.03. The van der Waals surface area contributed by atoms with Gasteiger partial charge in [-0.05, 0) is 5.56 Å². The molecule has 1 unspecified atom stereocenters. The van der Waals surface area contributed by atoms with E-state index in [1.165, 1.54) is 21.0 Å². The topological polar surface area (TPSA) is 78.9 Å². The van der Waals surface area contributed by atoms with Gasteiger partial charge in [0.15, 0.2) is 5.92 Å². The molecule has 0 radical (unpaired) electrons. The summed E-state index contributed by atoms with van der Waals surface area (Å²) in [4.78, 5) is 36.0. The number of thioether (sulfide) groups is 1. The average molecular weight is 338 g/mol. The minimum atomic E-state index is -1.28. The fourth-order valence-electron chi connectivity index (χ4n) is 2.22. The Bertz CT molecular complexity index is 578. The van der Waals surface area contributed by atoms with Crippen molar-refractivity contribution in [3.05, 3.63) is 35.9 Å². The quantitative estimate of drug-likeness (QED) is 0.601. The van der Waals surface area contributed by atoms with Crippen molar-refractivity contribution in [2.75, 3.05) is 12.9 Å². The van der Waals surface area contributed by atoms with Crippen molar-refractivity contribution in [3.63, 3.8) is 0 Å². The predicted molar refractivity (Wildman–Crippen MR) is 83.4 cm³/mol. The molecule has 7 heteroatoms. The summed E-state index contributed by atoms with van der Waals surface area (Å²) in [7, 11) is 1.28. The number of carbonyl (C=O) groups excluding carboxylic acids is 3. The van der Waals surface area contributed by atoms with Crippen LogP contribution in [0.3, 0.4) is 0 Å². The van der Waals surface area contributed by atoms with Crippen LogP contribution in [0.2, 0.25) is 0 Å². The van der Waals surface area contributed by atoms with Gasteiger partial charge in [-0.2, -0.15) is 0 Å². The first kappa shape index (κ1) is 17.3. The summed E-state index contributed by atoms with van der Waals surface area (Å²) in [5, 5.41) is -0.591. The smallest absolute Gasteiger partial charge is 0.325 e. The lowest BCUT2D eigenvalue weighted by Gasteiger charge is -2.35. The highest BCUT2D eigenvalue weighted by atomic mass is 32.2. The Hall–Kier alpha value is -2.02. The van der Waals surface area contributed by atoms with Gasteiger partial charge in [-0.3, -0.25) is 14.4 Å². The molecule has 1 aliphatic rings. The molecule has 0 bridgehead atoms. The first-order chi connectivity index (χ1) is 10.8. The number of methoxy groups -OCH3 is 1. The molecule has 124 valence electrons. The van der Waals surface area contributed by atoms with Crippen LogP contribution >= 0.6 is 11.8 Å². The van der Waals surface area contributed by atoms with Crippen LogP contribution in [0.25, 0.3) is 0 Å². The molecule has 0 saturated carbocycles. The van der Waals surface area contributed by atoms with Crippen molar-refractivity contribution < 1.29 is 28.6 Å². The molecule has 0 amide bonds. The maximum absolute atomic E-state index is 12.3. The number of hydrogen-bond acceptors (Lipinski definition) is 7. The Kier molecular flexibility index (Phi) is 5.30. The van der Waals surface area contributed by atoms with Crippen LogP contribution in [0.1, 0.15) is 24.7 Å². The first-order valence-corrected chi connectivity index (χ1v) is 8.08. The SMILES string of the molecule is COC(=O)CSC(c1ccccc1)C1C(=O)OC(C)(C)OC1=O. The molecule has 1 saturated heterocycles. The number of benzene rings is 1. The number of esters is 3. The van der Waals surface area contributed by atoms with Gasteiger partial charge in [0.05, 0.1) is 18.1 Å². The van der Waals surface area contributed by atoms with Gasteiger partial charge in [0.1, 0.15) is 0 Å². The standard InChI is InChI=1S/C16H18O6S/c1-16(2)21-14(18)12(15(19)22-16)13(23-9-11(17)20-3)10-7-5-4-6-8-10/h4-8,12-13H,9H2,1-3H3. The molecule has 6 nitrogen and oxygen atoms in total. The van der Waals surface area contributed by atoms with E-state index in [1.807, 2.05) is 6.07 Å². The van der Waals surface area contributed by atoms with Crippen LogP contribution in [0, 0.1) is 5.92 Å². The van der Waals surface area contributed by atoms with Crippen molar-refractivity contribution in [1.29, 1.82) is 0 Å². The molecule has 1 aromatic carbocycles. The van der Waals surface area contributed by atoms with Crippen LogP contribution in [-0.2, 0) is 28.6 Å². The zero-order chi connectivity index (χ0) is 17.0. The Morgan fingerprint density at radius 3 is 2.30 bits per heavy atom. The monoisotopic (exact) mass is 338 g/mol. The van der Waals surface area contributed by atoms with Crippen molar-refractivity contribution in [1.82, 2.24) is 0 Å². The summed E-state index contributed by atoms with van der Waals surface area (Å²) in [6.07, 6.45) is 0. The normalized spacial score (nSPS) is 18.7. The second kappa shape index (κ2) is 7.04. The number of hydrogen-bond donors (Lipinski definition) is 0. The summed E-state index contributed by atoms with van der Waals surface area (Å²) in [6, 6.07) is 8.99. The number of ether oxygens (including phenoxy) is 3. The Morgan fingerprint density at radius 2 is 1.78 bits per heavy atom. The van der Waals surface area contributed by atoms with E-state index in [0.29, 0.717) is 0 Å².